The Bertz CT molecular complexity index is 715. The van der Waals surface area contributed by atoms with Crippen molar-refractivity contribution in [3.8, 4) is 0 Å². The zero-order chi connectivity index (χ0) is 16.6. The van der Waals surface area contributed by atoms with Crippen molar-refractivity contribution in [2.45, 2.75) is 37.3 Å². The molecule has 0 aliphatic carbocycles. The van der Waals surface area contributed by atoms with Crippen molar-refractivity contribution in [3.63, 3.8) is 0 Å². The van der Waals surface area contributed by atoms with Crippen LogP contribution in [0, 0.1) is 0 Å². The van der Waals surface area contributed by atoms with Gasteiger partial charge < -0.3 is 11.1 Å². The summed E-state index contributed by atoms with van der Waals surface area (Å²) in [7, 11) is 1.81. The van der Waals surface area contributed by atoms with Gasteiger partial charge in [0.25, 0.3) is 0 Å². The minimum atomic E-state index is -0.850. The molecule has 3 rings (SSSR count). The number of nitrogens with zero attached hydrogens (tertiary/aromatic N) is 4. The Morgan fingerprint density at radius 3 is 2.83 bits per heavy atom. The van der Waals surface area contributed by atoms with E-state index in [1.807, 2.05) is 20.2 Å². The molecule has 1 aliphatic heterocycles. The molecule has 3 atom stereocenters. The molecule has 0 unspecified atom stereocenters. The van der Waals surface area contributed by atoms with Crippen molar-refractivity contribution in [3.05, 3.63) is 40.9 Å². The van der Waals surface area contributed by atoms with Crippen molar-refractivity contribution in [2.24, 2.45) is 12.8 Å². The van der Waals surface area contributed by atoms with Crippen molar-refractivity contribution in [1.82, 2.24) is 25.3 Å². The smallest absolute Gasteiger partial charge is 0.229 e. The monoisotopic (exact) mass is 334 g/mol. The summed E-state index contributed by atoms with van der Waals surface area (Å²) in [5.41, 5.74) is 6.39. The van der Waals surface area contributed by atoms with Crippen LogP contribution in [0.5, 0.6) is 0 Å². The topological polar surface area (TPSA) is 98.7 Å². The van der Waals surface area contributed by atoms with E-state index in [4.69, 9.17) is 17.3 Å². The molecular formula is C15H19ClN6O. The molecule has 2 aromatic rings. The number of aryl methyl sites for hydroxylation is 1. The van der Waals surface area contributed by atoms with E-state index in [0.29, 0.717) is 23.6 Å². The summed E-state index contributed by atoms with van der Waals surface area (Å²) in [4.78, 5) is 16.7. The maximum Gasteiger partial charge on any atom is 0.229 e. The molecule has 0 aromatic carbocycles. The lowest BCUT2D eigenvalue weighted by molar-refractivity contribution is -0.125. The lowest BCUT2D eigenvalue weighted by atomic mass is 9.70. The maximum atomic E-state index is 12.4. The molecule has 3 heterocycles. The number of rotatable bonds is 3. The van der Waals surface area contributed by atoms with Gasteiger partial charge in [0, 0.05) is 25.5 Å². The fraction of sp³-hybridized carbons (Fsp3) is 0.467. The normalized spacial score (nSPS) is 27.8. The Labute approximate surface area is 139 Å². The first-order valence-corrected chi connectivity index (χ1v) is 7.83. The molecule has 0 bridgehead atoms. The van der Waals surface area contributed by atoms with E-state index in [1.54, 1.807) is 23.0 Å². The Kier molecular flexibility index (Phi) is 4.08. The Hall–Kier alpha value is -1.99. The van der Waals surface area contributed by atoms with Crippen molar-refractivity contribution >= 4 is 17.5 Å². The SMILES string of the molecule is C[C@H]1C[C@@](C(N)=O)(c2ccc(Cl)cn2)C[C@@H](c2cn(C)nn2)N1. The van der Waals surface area contributed by atoms with Gasteiger partial charge in [-0.15, -0.1) is 5.10 Å². The molecule has 7 nitrogen and oxygen atoms in total. The van der Waals surface area contributed by atoms with E-state index in [0.717, 1.165) is 5.69 Å². The van der Waals surface area contributed by atoms with Crippen LogP contribution in [-0.4, -0.2) is 31.9 Å². The molecule has 122 valence electrons. The van der Waals surface area contributed by atoms with E-state index in [2.05, 4.69) is 20.6 Å². The molecule has 1 saturated heterocycles. The molecule has 1 aliphatic rings. The lowest BCUT2D eigenvalue weighted by Crippen LogP contribution is -2.53. The van der Waals surface area contributed by atoms with E-state index in [-0.39, 0.29) is 18.0 Å². The molecule has 0 saturated carbocycles. The number of piperidine rings is 1. The highest BCUT2D eigenvalue weighted by Gasteiger charge is 2.47. The Balaban J connectivity index is 2.01. The van der Waals surface area contributed by atoms with Gasteiger partial charge in [-0.3, -0.25) is 14.5 Å². The number of amides is 1. The largest absolute Gasteiger partial charge is 0.369 e. The molecule has 1 fully saturated rings. The van der Waals surface area contributed by atoms with E-state index >= 15 is 0 Å². The van der Waals surface area contributed by atoms with Crippen LogP contribution in [0.3, 0.4) is 0 Å². The number of hydrogen-bond donors (Lipinski definition) is 2. The molecule has 0 spiro atoms. The zero-order valence-electron chi connectivity index (χ0n) is 13.0. The average molecular weight is 335 g/mol. The number of halogens is 1. The van der Waals surface area contributed by atoms with Crippen LogP contribution in [0.2, 0.25) is 5.02 Å². The summed E-state index contributed by atoms with van der Waals surface area (Å²) in [6, 6.07) is 3.48. The standard InChI is InChI=1S/C15H19ClN6O/c1-9-5-15(14(17)23,13-4-3-10(16)7-18-13)6-11(19-9)12-8-22(2)21-20-12/h3-4,7-9,11,19H,5-6H2,1-2H3,(H2,17,23)/t9-,11-,15-/m0/s1. The van der Waals surface area contributed by atoms with Gasteiger partial charge in [0.2, 0.25) is 5.91 Å². The molecule has 8 heteroatoms. The van der Waals surface area contributed by atoms with Crippen molar-refractivity contribution in [2.75, 3.05) is 0 Å². The second kappa shape index (κ2) is 5.90. The quantitative estimate of drug-likeness (QED) is 0.875. The summed E-state index contributed by atoms with van der Waals surface area (Å²) in [6.07, 6.45) is 4.45. The van der Waals surface area contributed by atoms with Crippen LogP contribution in [0.4, 0.5) is 0 Å². The predicted molar refractivity (Wildman–Crippen MR) is 85.7 cm³/mol. The first-order valence-electron chi connectivity index (χ1n) is 7.45. The van der Waals surface area contributed by atoms with Gasteiger partial charge in [0.15, 0.2) is 0 Å². The third-order valence-electron chi connectivity index (χ3n) is 4.36. The number of aromatic nitrogens is 4. The second-order valence-corrected chi connectivity index (χ2v) is 6.59. The van der Waals surface area contributed by atoms with Crippen LogP contribution < -0.4 is 11.1 Å². The van der Waals surface area contributed by atoms with Gasteiger partial charge in [-0.1, -0.05) is 16.8 Å². The van der Waals surface area contributed by atoms with Gasteiger partial charge in [0.1, 0.15) is 0 Å². The molecular weight excluding hydrogens is 316 g/mol. The summed E-state index contributed by atoms with van der Waals surface area (Å²) < 4.78 is 1.64. The number of pyridine rings is 1. The van der Waals surface area contributed by atoms with Crippen LogP contribution in [0.25, 0.3) is 0 Å². The first-order chi connectivity index (χ1) is 10.9. The lowest BCUT2D eigenvalue weighted by Gasteiger charge is -2.41. The first kappa shape index (κ1) is 15.9. The van der Waals surface area contributed by atoms with Gasteiger partial charge in [-0.05, 0) is 31.9 Å². The highest BCUT2D eigenvalue weighted by molar-refractivity contribution is 6.30. The van der Waals surface area contributed by atoms with Gasteiger partial charge in [0.05, 0.1) is 27.9 Å². The molecule has 1 amide bonds. The third-order valence-corrected chi connectivity index (χ3v) is 4.58. The van der Waals surface area contributed by atoms with Gasteiger partial charge >= 0.3 is 0 Å². The summed E-state index contributed by atoms with van der Waals surface area (Å²) >= 11 is 5.92. The second-order valence-electron chi connectivity index (χ2n) is 6.15. The summed E-state index contributed by atoms with van der Waals surface area (Å²) in [6.45, 7) is 2.02. The Morgan fingerprint density at radius 2 is 2.26 bits per heavy atom. The number of nitrogens with two attached hydrogens (primary N) is 1. The number of carbonyl (C=O) groups is 1. The van der Waals surface area contributed by atoms with Crippen LogP contribution in [-0.2, 0) is 17.3 Å². The van der Waals surface area contributed by atoms with Gasteiger partial charge in [-0.2, -0.15) is 0 Å². The summed E-state index contributed by atoms with van der Waals surface area (Å²) in [5.74, 6) is -0.380. The average Bonchev–Trinajstić information content (AvgIpc) is 2.93. The highest BCUT2D eigenvalue weighted by Crippen LogP contribution is 2.41. The van der Waals surface area contributed by atoms with Crippen molar-refractivity contribution in [1.29, 1.82) is 0 Å². The fourth-order valence-electron chi connectivity index (χ4n) is 3.33. The van der Waals surface area contributed by atoms with E-state index in [1.165, 1.54) is 0 Å². The van der Waals surface area contributed by atoms with E-state index in [9.17, 15) is 4.79 Å². The molecule has 0 radical (unpaired) electrons. The number of hydrogen-bond acceptors (Lipinski definition) is 5. The maximum absolute atomic E-state index is 12.4. The van der Waals surface area contributed by atoms with Crippen LogP contribution >= 0.6 is 11.6 Å². The highest BCUT2D eigenvalue weighted by atomic mass is 35.5. The molecule has 2 aromatic heterocycles. The zero-order valence-corrected chi connectivity index (χ0v) is 13.8. The third kappa shape index (κ3) is 2.94. The molecule has 23 heavy (non-hydrogen) atoms. The van der Waals surface area contributed by atoms with Crippen molar-refractivity contribution < 1.29 is 4.79 Å². The summed E-state index contributed by atoms with van der Waals surface area (Å²) in [5, 5.41) is 12.1. The number of carbonyl (C=O) groups excluding carboxylic acids is 1. The predicted octanol–water partition coefficient (Wildman–Crippen LogP) is 1.10. The van der Waals surface area contributed by atoms with E-state index < -0.39 is 5.41 Å². The Morgan fingerprint density at radius 1 is 1.48 bits per heavy atom. The number of nitrogens with one attached hydrogen (secondary N) is 1. The van der Waals surface area contributed by atoms with Crippen LogP contribution in [0.1, 0.15) is 37.2 Å². The number of primary amides is 1. The fourth-order valence-corrected chi connectivity index (χ4v) is 3.44. The minimum absolute atomic E-state index is 0.0840. The molecule has 3 N–H and O–H groups in total. The van der Waals surface area contributed by atoms with Crippen LogP contribution in [0.15, 0.2) is 24.5 Å². The van der Waals surface area contributed by atoms with Gasteiger partial charge in [-0.25, -0.2) is 0 Å². The minimum Gasteiger partial charge on any atom is -0.369 e.